The summed E-state index contributed by atoms with van der Waals surface area (Å²) in [6.07, 6.45) is 1.43. The molecule has 2 aromatic carbocycles. The van der Waals surface area contributed by atoms with Crippen molar-refractivity contribution in [2.45, 2.75) is 13.0 Å². The summed E-state index contributed by atoms with van der Waals surface area (Å²) in [6.45, 7) is 1.83. The molecule has 2 heterocycles. The quantitative estimate of drug-likeness (QED) is 0.636. The van der Waals surface area contributed by atoms with Crippen LogP contribution in [0.5, 0.6) is 5.75 Å². The summed E-state index contributed by atoms with van der Waals surface area (Å²) in [6, 6.07) is 11.9. The third kappa shape index (κ3) is 3.66. The Labute approximate surface area is 177 Å². The third-order valence-electron chi connectivity index (χ3n) is 4.65. The minimum atomic E-state index is -0.512. The van der Waals surface area contributed by atoms with Crippen LogP contribution in [-0.4, -0.2) is 27.8 Å². The van der Waals surface area contributed by atoms with E-state index in [2.05, 4.69) is 20.7 Å². The number of aromatic nitrogens is 3. The number of carbonyl (C=O) groups excluding carboxylic acids is 1. The number of ether oxygens (including phenoxy) is 1. The number of hydrogen-bond acceptors (Lipinski definition) is 5. The van der Waals surface area contributed by atoms with E-state index in [1.54, 1.807) is 48.2 Å². The van der Waals surface area contributed by atoms with E-state index in [9.17, 15) is 4.79 Å². The largest absolute Gasteiger partial charge is 0.497 e. The number of hydrogen-bond donors (Lipinski definition) is 2. The lowest BCUT2D eigenvalue weighted by Crippen LogP contribution is -2.31. The average molecular weight is 430 g/mol. The first-order valence-electron chi connectivity index (χ1n) is 8.75. The number of nitrogens with one attached hydrogen (secondary N) is 2. The maximum Gasteiger partial charge on any atom is 0.255 e. The van der Waals surface area contributed by atoms with Gasteiger partial charge in [-0.3, -0.25) is 4.79 Å². The Morgan fingerprint density at radius 3 is 2.62 bits per heavy atom. The third-order valence-corrected chi connectivity index (χ3v) is 5.39. The van der Waals surface area contributed by atoms with Gasteiger partial charge in [0, 0.05) is 11.4 Å². The van der Waals surface area contributed by atoms with Crippen molar-refractivity contribution in [3.05, 3.63) is 75.7 Å². The molecule has 0 radical (unpaired) electrons. The first kappa shape index (κ1) is 19.3. The summed E-state index contributed by atoms with van der Waals surface area (Å²) in [7, 11) is 1.59. The van der Waals surface area contributed by atoms with Gasteiger partial charge in [0.05, 0.1) is 22.7 Å². The van der Waals surface area contributed by atoms with Gasteiger partial charge in [0.2, 0.25) is 5.95 Å². The van der Waals surface area contributed by atoms with Gasteiger partial charge in [0.25, 0.3) is 5.91 Å². The fourth-order valence-electron chi connectivity index (χ4n) is 3.25. The Hall–Kier alpha value is -3.03. The summed E-state index contributed by atoms with van der Waals surface area (Å²) in [5, 5.41) is 11.2. The van der Waals surface area contributed by atoms with Gasteiger partial charge >= 0.3 is 0 Å². The van der Waals surface area contributed by atoms with Crippen molar-refractivity contribution in [2.75, 3.05) is 17.7 Å². The van der Waals surface area contributed by atoms with Crippen LogP contribution in [0.15, 0.2) is 60.1 Å². The molecule has 1 aliphatic rings. The number of benzene rings is 2. The van der Waals surface area contributed by atoms with Crippen molar-refractivity contribution >= 4 is 40.7 Å². The average Bonchev–Trinajstić information content (AvgIpc) is 3.17. The summed E-state index contributed by atoms with van der Waals surface area (Å²) >= 11 is 12.3. The highest BCUT2D eigenvalue weighted by molar-refractivity contribution is 6.42. The maximum atomic E-state index is 13.2. The molecule has 3 aromatic rings. The van der Waals surface area contributed by atoms with E-state index < -0.39 is 6.04 Å². The van der Waals surface area contributed by atoms with Gasteiger partial charge < -0.3 is 15.4 Å². The van der Waals surface area contributed by atoms with Gasteiger partial charge in [0.15, 0.2) is 0 Å². The Morgan fingerprint density at radius 1 is 1.17 bits per heavy atom. The number of carbonyl (C=O) groups is 1. The lowest BCUT2D eigenvalue weighted by Gasteiger charge is -2.29. The molecule has 29 heavy (non-hydrogen) atoms. The fraction of sp³-hybridized carbons (Fsp3) is 0.150. The lowest BCUT2D eigenvalue weighted by atomic mass is 9.95. The van der Waals surface area contributed by atoms with Crippen LogP contribution in [-0.2, 0) is 4.79 Å². The van der Waals surface area contributed by atoms with Crippen LogP contribution in [0.3, 0.4) is 0 Å². The molecule has 1 atom stereocenters. The minimum absolute atomic E-state index is 0.266. The molecule has 0 saturated carbocycles. The monoisotopic (exact) mass is 429 g/mol. The highest BCUT2D eigenvalue weighted by atomic mass is 35.5. The fourth-order valence-corrected chi connectivity index (χ4v) is 3.55. The number of fused-ring (bicyclic) bond motifs is 1. The molecular weight excluding hydrogens is 413 g/mol. The standard InChI is InChI=1S/C20H17Cl2N5O2/c1-11-17(19(28)26-13-4-6-14(29-2)7-5-13)18(27-20(25-11)23-10-24-27)12-3-8-15(21)16(22)9-12/h3-10,18H,1-2H3,(H,26,28)(H,23,24,25)/t18-/m1/s1. The predicted molar refractivity (Wildman–Crippen MR) is 113 cm³/mol. The number of anilines is 2. The van der Waals surface area contributed by atoms with Crippen molar-refractivity contribution in [3.8, 4) is 5.75 Å². The number of amides is 1. The first-order chi connectivity index (χ1) is 14.0. The molecule has 0 fully saturated rings. The van der Waals surface area contributed by atoms with E-state index in [0.717, 1.165) is 5.56 Å². The Balaban J connectivity index is 1.73. The van der Waals surface area contributed by atoms with Crippen LogP contribution in [0.4, 0.5) is 11.6 Å². The zero-order valence-corrected chi connectivity index (χ0v) is 17.1. The topological polar surface area (TPSA) is 81.1 Å². The van der Waals surface area contributed by atoms with Crippen molar-refractivity contribution in [1.82, 2.24) is 14.8 Å². The molecule has 2 N–H and O–H groups in total. The Morgan fingerprint density at radius 2 is 1.93 bits per heavy atom. The lowest BCUT2D eigenvalue weighted by molar-refractivity contribution is -0.113. The summed E-state index contributed by atoms with van der Waals surface area (Å²) in [5.74, 6) is 0.982. The van der Waals surface area contributed by atoms with Crippen LogP contribution < -0.4 is 15.4 Å². The van der Waals surface area contributed by atoms with Crippen LogP contribution >= 0.6 is 23.2 Å². The number of rotatable bonds is 4. The van der Waals surface area contributed by atoms with Gasteiger partial charge in [-0.2, -0.15) is 10.1 Å². The first-order valence-corrected chi connectivity index (χ1v) is 9.51. The van der Waals surface area contributed by atoms with Crippen LogP contribution in [0, 0.1) is 0 Å². The second-order valence-corrected chi connectivity index (χ2v) is 7.26. The maximum absolute atomic E-state index is 13.2. The second-order valence-electron chi connectivity index (χ2n) is 6.45. The minimum Gasteiger partial charge on any atom is -0.497 e. The zero-order valence-electron chi connectivity index (χ0n) is 15.6. The smallest absolute Gasteiger partial charge is 0.255 e. The number of nitrogens with zero attached hydrogens (tertiary/aromatic N) is 3. The van der Waals surface area contributed by atoms with E-state index in [4.69, 9.17) is 27.9 Å². The summed E-state index contributed by atoms with van der Waals surface area (Å²) < 4.78 is 6.81. The predicted octanol–water partition coefficient (Wildman–Crippen LogP) is 4.52. The number of halogens is 2. The molecule has 4 rings (SSSR count). The molecule has 0 spiro atoms. The molecule has 0 bridgehead atoms. The highest BCUT2D eigenvalue weighted by Gasteiger charge is 2.33. The van der Waals surface area contributed by atoms with Gasteiger partial charge in [0.1, 0.15) is 18.1 Å². The van der Waals surface area contributed by atoms with E-state index in [1.165, 1.54) is 6.33 Å². The van der Waals surface area contributed by atoms with Crippen molar-refractivity contribution in [1.29, 1.82) is 0 Å². The molecule has 7 nitrogen and oxygen atoms in total. The van der Waals surface area contributed by atoms with Crippen LogP contribution in [0.2, 0.25) is 10.0 Å². The second kappa shape index (κ2) is 7.77. The van der Waals surface area contributed by atoms with Crippen LogP contribution in [0.25, 0.3) is 0 Å². The van der Waals surface area contributed by atoms with Crippen LogP contribution in [0.1, 0.15) is 18.5 Å². The zero-order chi connectivity index (χ0) is 20.5. The molecule has 0 unspecified atom stereocenters. The Kier molecular flexibility index (Phi) is 5.17. The van der Waals surface area contributed by atoms with E-state index in [-0.39, 0.29) is 5.91 Å². The number of allylic oxidation sites excluding steroid dienone is 1. The highest BCUT2D eigenvalue weighted by Crippen LogP contribution is 2.37. The molecule has 1 aliphatic heterocycles. The molecule has 9 heteroatoms. The van der Waals surface area contributed by atoms with E-state index in [1.807, 2.05) is 13.0 Å². The molecule has 0 saturated heterocycles. The molecular formula is C20H17Cl2N5O2. The van der Waals surface area contributed by atoms with Crippen molar-refractivity contribution in [2.24, 2.45) is 0 Å². The van der Waals surface area contributed by atoms with E-state index >= 15 is 0 Å². The van der Waals surface area contributed by atoms with Gasteiger partial charge in [-0.05, 0) is 48.9 Å². The number of methoxy groups -OCH3 is 1. The molecule has 1 amide bonds. The molecule has 0 aliphatic carbocycles. The SMILES string of the molecule is COc1ccc(NC(=O)C2=C(C)Nc3ncnn3[C@@H]2c2ccc(Cl)c(Cl)c2)cc1. The Bertz CT molecular complexity index is 1110. The molecule has 148 valence electrons. The van der Waals surface area contributed by atoms with Gasteiger partial charge in [-0.1, -0.05) is 29.3 Å². The normalized spacial score (nSPS) is 15.5. The summed E-state index contributed by atoms with van der Waals surface area (Å²) in [4.78, 5) is 17.5. The van der Waals surface area contributed by atoms with E-state index in [0.29, 0.717) is 38.7 Å². The summed E-state index contributed by atoms with van der Waals surface area (Å²) in [5.41, 5.74) is 2.59. The van der Waals surface area contributed by atoms with Crippen molar-refractivity contribution < 1.29 is 9.53 Å². The van der Waals surface area contributed by atoms with Gasteiger partial charge in [-0.15, -0.1) is 0 Å². The molecule has 1 aromatic heterocycles. The van der Waals surface area contributed by atoms with Gasteiger partial charge in [-0.25, -0.2) is 4.68 Å². The van der Waals surface area contributed by atoms with Crippen molar-refractivity contribution in [3.63, 3.8) is 0 Å².